The zero-order chi connectivity index (χ0) is 20.0. The van der Waals surface area contributed by atoms with Gasteiger partial charge in [0.05, 0.1) is 28.8 Å². The van der Waals surface area contributed by atoms with Gasteiger partial charge in [0.25, 0.3) is 0 Å². The summed E-state index contributed by atoms with van der Waals surface area (Å²) < 4.78 is 16.8. The minimum atomic E-state index is -0.290. The lowest BCUT2D eigenvalue weighted by Gasteiger charge is -2.13. The van der Waals surface area contributed by atoms with Crippen molar-refractivity contribution in [1.82, 2.24) is 30.1 Å². The largest absolute Gasteiger partial charge is 0.317 e. The fourth-order valence-electron chi connectivity index (χ4n) is 4.17. The van der Waals surface area contributed by atoms with Crippen molar-refractivity contribution in [2.75, 3.05) is 13.1 Å². The number of halogens is 1. The van der Waals surface area contributed by atoms with Crippen LogP contribution in [0.5, 0.6) is 0 Å². The maximum atomic E-state index is 15.1. The van der Waals surface area contributed by atoms with Gasteiger partial charge in [-0.15, -0.1) is 0 Å². The summed E-state index contributed by atoms with van der Waals surface area (Å²) in [6, 6.07) is 7.21. The predicted octanol–water partition coefficient (Wildman–Crippen LogP) is 3.95. The molecule has 0 aliphatic carbocycles. The van der Waals surface area contributed by atoms with Gasteiger partial charge in [0.1, 0.15) is 5.82 Å². The smallest absolute Gasteiger partial charge is 0.156 e. The van der Waals surface area contributed by atoms with Crippen molar-refractivity contribution < 1.29 is 4.39 Å². The zero-order valence-electron chi connectivity index (χ0n) is 16.6. The first kappa shape index (κ1) is 18.1. The molecule has 1 saturated heterocycles. The van der Waals surface area contributed by atoms with Gasteiger partial charge in [0.2, 0.25) is 0 Å². The second-order valence-electron chi connectivity index (χ2n) is 7.90. The SMILES string of the molecule is Cc1cn2nc(-c3cc(F)c4cc(C5CCCNCC5)nnc4c3)cc(C)c2n1. The van der Waals surface area contributed by atoms with Crippen molar-refractivity contribution in [1.29, 1.82) is 0 Å². The highest BCUT2D eigenvalue weighted by Gasteiger charge is 2.18. The predicted molar refractivity (Wildman–Crippen MR) is 110 cm³/mol. The molecule has 1 fully saturated rings. The maximum Gasteiger partial charge on any atom is 0.156 e. The summed E-state index contributed by atoms with van der Waals surface area (Å²) in [6.45, 7) is 5.91. The van der Waals surface area contributed by atoms with Gasteiger partial charge in [-0.05, 0) is 76.0 Å². The average Bonchev–Trinajstić information content (AvgIpc) is 2.90. The molecule has 1 N–H and O–H groups in total. The average molecular weight is 390 g/mol. The number of aromatic nitrogens is 5. The Bertz CT molecular complexity index is 1210. The van der Waals surface area contributed by atoms with Gasteiger partial charge >= 0.3 is 0 Å². The fraction of sp³-hybridized carbons (Fsp3) is 0.364. The number of aryl methyl sites for hydroxylation is 2. The molecule has 148 valence electrons. The summed E-state index contributed by atoms with van der Waals surface area (Å²) in [6.07, 6.45) is 5.04. The van der Waals surface area contributed by atoms with Crippen LogP contribution in [0.4, 0.5) is 4.39 Å². The van der Waals surface area contributed by atoms with E-state index in [1.807, 2.05) is 38.2 Å². The number of hydrogen-bond acceptors (Lipinski definition) is 5. The van der Waals surface area contributed by atoms with Crippen molar-refractivity contribution in [3.63, 3.8) is 0 Å². The van der Waals surface area contributed by atoms with Gasteiger partial charge in [-0.2, -0.15) is 15.3 Å². The third-order valence-corrected chi connectivity index (χ3v) is 5.69. The Hall–Kier alpha value is -2.93. The molecule has 4 aromatic rings. The standard InChI is InChI=1S/C22H23FN6/c1-13-8-20(28-29-12-14(2)25-22(13)29)16-9-18(23)17-11-19(26-27-21(17)10-16)15-4-3-6-24-7-5-15/h8-12,15,24H,3-7H2,1-2H3. The Morgan fingerprint density at radius 3 is 2.86 bits per heavy atom. The molecular formula is C22H23FN6. The van der Waals surface area contributed by atoms with Crippen LogP contribution in [0.2, 0.25) is 0 Å². The Balaban J connectivity index is 1.57. The van der Waals surface area contributed by atoms with E-state index in [9.17, 15) is 0 Å². The van der Waals surface area contributed by atoms with Crippen molar-refractivity contribution >= 4 is 16.6 Å². The topological polar surface area (TPSA) is 68.0 Å². The molecule has 0 bridgehead atoms. The van der Waals surface area contributed by atoms with E-state index in [0.29, 0.717) is 28.1 Å². The van der Waals surface area contributed by atoms with Crippen LogP contribution in [0.15, 0.2) is 30.5 Å². The third-order valence-electron chi connectivity index (χ3n) is 5.69. The van der Waals surface area contributed by atoms with Crippen LogP contribution < -0.4 is 5.32 Å². The normalized spacial score (nSPS) is 17.7. The minimum Gasteiger partial charge on any atom is -0.317 e. The second kappa shape index (κ2) is 7.15. The highest BCUT2D eigenvalue weighted by Crippen LogP contribution is 2.30. The Kier molecular flexibility index (Phi) is 4.47. The Labute approximate surface area is 168 Å². The summed E-state index contributed by atoms with van der Waals surface area (Å²) in [5, 5.41) is 17.3. The number of imidazole rings is 1. The lowest BCUT2D eigenvalue weighted by Crippen LogP contribution is -2.14. The molecule has 5 rings (SSSR count). The molecule has 1 aliphatic rings. The lowest BCUT2D eigenvalue weighted by molar-refractivity contribution is 0.586. The molecule has 3 aromatic heterocycles. The molecule has 0 amide bonds. The molecule has 7 heteroatoms. The minimum absolute atomic E-state index is 0.290. The Morgan fingerprint density at radius 1 is 1.07 bits per heavy atom. The monoisotopic (exact) mass is 390 g/mol. The fourth-order valence-corrected chi connectivity index (χ4v) is 4.17. The maximum absolute atomic E-state index is 15.1. The second-order valence-corrected chi connectivity index (χ2v) is 7.90. The first-order valence-corrected chi connectivity index (χ1v) is 10.1. The first-order valence-electron chi connectivity index (χ1n) is 10.1. The molecule has 6 nitrogen and oxygen atoms in total. The van der Waals surface area contributed by atoms with Crippen LogP contribution >= 0.6 is 0 Å². The summed E-state index contributed by atoms with van der Waals surface area (Å²) in [5.74, 6) is 0.0407. The zero-order valence-corrected chi connectivity index (χ0v) is 16.6. The van der Waals surface area contributed by atoms with Gasteiger partial charge in [-0.25, -0.2) is 13.9 Å². The van der Waals surface area contributed by atoms with Crippen LogP contribution in [0.3, 0.4) is 0 Å². The summed E-state index contributed by atoms with van der Waals surface area (Å²) in [5.41, 5.74) is 5.52. The van der Waals surface area contributed by atoms with Crippen molar-refractivity contribution in [3.8, 4) is 11.3 Å². The van der Waals surface area contributed by atoms with Gasteiger partial charge in [-0.3, -0.25) is 0 Å². The number of rotatable bonds is 2. The molecule has 1 atom stereocenters. The van der Waals surface area contributed by atoms with Gasteiger partial charge < -0.3 is 5.32 Å². The molecule has 0 saturated carbocycles. The number of fused-ring (bicyclic) bond motifs is 2. The van der Waals surface area contributed by atoms with Crippen LogP contribution in [0.1, 0.15) is 42.1 Å². The van der Waals surface area contributed by atoms with Crippen molar-refractivity contribution in [3.05, 3.63) is 53.2 Å². The third kappa shape index (κ3) is 3.35. The van der Waals surface area contributed by atoms with Crippen molar-refractivity contribution in [2.24, 2.45) is 0 Å². The van der Waals surface area contributed by atoms with E-state index in [2.05, 4.69) is 25.6 Å². The van der Waals surface area contributed by atoms with Crippen LogP contribution in [0, 0.1) is 19.7 Å². The first-order chi connectivity index (χ1) is 14.1. The number of benzene rings is 1. The molecule has 1 aliphatic heterocycles. The molecule has 29 heavy (non-hydrogen) atoms. The number of nitrogens with one attached hydrogen (secondary N) is 1. The van der Waals surface area contributed by atoms with E-state index >= 15 is 4.39 Å². The molecule has 4 heterocycles. The van der Waals surface area contributed by atoms with Crippen LogP contribution in [-0.4, -0.2) is 37.9 Å². The summed E-state index contributed by atoms with van der Waals surface area (Å²) in [7, 11) is 0. The van der Waals surface area contributed by atoms with Crippen molar-refractivity contribution in [2.45, 2.75) is 39.0 Å². The van der Waals surface area contributed by atoms with Crippen LogP contribution in [-0.2, 0) is 0 Å². The molecule has 0 radical (unpaired) electrons. The van der Waals surface area contributed by atoms with Gasteiger partial charge in [-0.1, -0.05) is 0 Å². The lowest BCUT2D eigenvalue weighted by atomic mass is 9.95. The molecule has 1 aromatic carbocycles. The molecule has 0 spiro atoms. The van der Waals surface area contributed by atoms with E-state index < -0.39 is 0 Å². The highest BCUT2D eigenvalue weighted by molar-refractivity contribution is 5.84. The van der Waals surface area contributed by atoms with E-state index in [1.54, 1.807) is 10.6 Å². The summed E-state index contributed by atoms with van der Waals surface area (Å²) in [4.78, 5) is 4.48. The van der Waals surface area contributed by atoms with E-state index in [1.165, 1.54) is 0 Å². The molecular weight excluding hydrogens is 367 g/mol. The van der Waals surface area contributed by atoms with Gasteiger partial charge in [0.15, 0.2) is 5.65 Å². The summed E-state index contributed by atoms with van der Waals surface area (Å²) >= 11 is 0. The van der Waals surface area contributed by atoms with Crippen LogP contribution in [0.25, 0.3) is 27.8 Å². The molecule has 1 unspecified atom stereocenters. The van der Waals surface area contributed by atoms with E-state index in [0.717, 1.165) is 55.0 Å². The van der Waals surface area contributed by atoms with Gasteiger partial charge in [0, 0.05) is 16.9 Å². The van der Waals surface area contributed by atoms with E-state index in [-0.39, 0.29) is 5.82 Å². The highest BCUT2D eigenvalue weighted by atomic mass is 19.1. The number of nitrogens with zero attached hydrogens (tertiary/aromatic N) is 5. The van der Waals surface area contributed by atoms with E-state index in [4.69, 9.17) is 0 Å². The number of hydrogen-bond donors (Lipinski definition) is 1. The Morgan fingerprint density at radius 2 is 1.97 bits per heavy atom. The quantitative estimate of drug-likeness (QED) is 0.561.